The first-order valence-corrected chi connectivity index (χ1v) is 10.8. The maximum atomic E-state index is 14.3. The van der Waals surface area contributed by atoms with Crippen molar-refractivity contribution in [3.63, 3.8) is 0 Å². The van der Waals surface area contributed by atoms with Gasteiger partial charge in [-0.15, -0.1) is 0 Å². The zero-order valence-corrected chi connectivity index (χ0v) is 19.3. The van der Waals surface area contributed by atoms with Crippen LogP contribution in [0.2, 0.25) is 5.02 Å². The predicted molar refractivity (Wildman–Crippen MR) is 135 cm³/mol. The van der Waals surface area contributed by atoms with E-state index in [1.165, 1.54) is 12.1 Å². The van der Waals surface area contributed by atoms with Crippen LogP contribution in [0.5, 0.6) is 5.75 Å². The van der Waals surface area contributed by atoms with Crippen LogP contribution in [0.25, 0.3) is 11.1 Å². The Bertz CT molecular complexity index is 1240. The predicted octanol–water partition coefficient (Wildman–Crippen LogP) is 3.59. The van der Waals surface area contributed by atoms with Gasteiger partial charge in [0.15, 0.2) is 0 Å². The number of amidine groups is 1. The molecule has 34 heavy (non-hydrogen) atoms. The van der Waals surface area contributed by atoms with Crippen LogP contribution in [0.4, 0.5) is 21.5 Å². The van der Waals surface area contributed by atoms with Gasteiger partial charge in [0.05, 0.1) is 17.1 Å². The summed E-state index contributed by atoms with van der Waals surface area (Å²) in [5, 5.41) is 24.3. The van der Waals surface area contributed by atoms with Gasteiger partial charge < -0.3 is 32.9 Å². The Hall–Kier alpha value is -3.98. The maximum absolute atomic E-state index is 14.3. The van der Waals surface area contributed by atoms with Crippen molar-refractivity contribution in [3.8, 4) is 16.9 Å². The van der Waals surface area contributed by atoms with Crippen LogP contribution in [0.3, 0.4) is 0 Å². The Morgan fingerprint density at radius 1 is 1.15 bits per heavy atom. The van der Waals surface area contributed by atoms with Crippen LogP contribution in [0, 0.1) is 11.2 Å². The molecule has 8 nitrogen and oxygen atoms in total. The Kier molecular flexibility index (Phi) is 7.47. The SMILES string of the molecule is CCNc1cc(Cl)c(-c2cc(N)cc(N)c2)c(CC(=O)NCc2ccc(C(=N)N)cc2F)c1O. The maximum Gasteiger partial charge on any atom is 0.224 e. The van der Waals surface area contributed by atoms with Gasteiger partial charge in [0.2, 0.25) is 5.91 Å². The molecule has 0 fully saturated rings. The number of nitrogen functional groups attached to an aromatic ring is 3. The lowest BCUT2D eigenvalue weighted by Crippen LogP contribution is -2.25. The highest BCUT2D eigenvalue weighted by Gasteiger charge is 2.21. The molecule has 0 aromatic heterocycles. The molecule has 10 N–H and O–H groups in total. The smallest absolute Gasteiger partial charge is 0.224 e. The van der Waals surface area contributed by atoms with Gasteiger partial charge in [0.25, 0.3) is 0 Å². The van der Waals surface area contributed by atoms with E-state index in [-0.39, 0.29) is 41.2 Å². The highest BCUT2D eigenvalue weighted by atomic mass is 35.5. The van der Waals surface area contributed by atoms with E-state index >= 15 is 0 Å². The van der Waals surface area contributed by atoms with Crippen molar-refractivity contribution >= 4 is 40.4 Å². The zero-order chi connectivity index (χ0) is 25.0. The molecule has 1 amide bonds. The Balaban J connectivity index is 1.93. The van der Waals surface area contributed by atoms with E-state index in [1.807, 2.05) is 6.92 Å². The van der Waals surface area contributed by atoms with Gasteiger partial charge in [0.1, 0.15) is 17.4 Å². The van der Waals surface area contributed by atoms with Crippen molar-refractivity contribution in [2.45, 2.75) is 19.9 Å². The largest absolute Gasteiger partial charge is 0.505 e. The number of nitrogens with one attached hydrogen (secondary N) is 3. The third-order valence-electron chi connectivity index (χ3n) is 5.16. The average molecular weight is 485 g/mol. The number of aromatic hydroxyl groups is 1. The van der Waals surface area contributed by atoms with Gasteiger partial charge in [-0.05, 0) is 42.8 Å². The van der Waals surface area contributed by atoms with E-state index in [2.05, 4.69) is 10.6 Å². The molecule has 0 aliphatic heterocycles. The molecule has 0 unspecified atom stereocenters. The molecule has 178 valence electrons. The number of carbonyl (C=O) groups excluding carboxylic acids is 1. The molecule has 0 saturated heterocycles. The highest BCUT2D eigenvalue weighted by Crippen LogP contribution is 2.42. The Morgan fingerprint density at radius 2 is 1.82 bits per heavy atom. The van der Waals surface area contributed by atoms with Crippen LogP contribution in [-0.2, 0) is 17.8 Å². The highest BCUT2D eigenvalue weighted by molar-refractivity contribution is 6.34. The molecule has 0 bridgehead atoms. The summed E-state index contributed by atoms with van der Waals surface area (Å²) >= 11 is 6.56. The Labute approximate surface area is 201 Å². The molecular weight excluding hydrogens is 459 g/mol. The minimum Gasteiger partial charge on any atom is -0.505 e. The quantitative estimate of drug-likeness (QED) is 0.112. The number of carbonyl (C=O) groups is 1. The second-order valence-corrected chi connectivity index (χ2v) is 8.11. The molecule has 3 aromatic rings. The first-order valence-electron chi connectivity index (χ1n) is 10.4. The van der Waals surface area contributed by atoms with Crippen molar-refractivity contribution in [2.24, 2.45) is 5.73 Å². The minimum atomic E-state index is -0.594. The summed E-state index contributed by atoms with van der Waals surface area (Å²) in [4.78, 5) is 12.8. The molecule has 10 heteroatoms. The second kappa shape index (κ2) is 10.3. The lowest BCUT2D eigenvalue weighted by Gasteiger charge is -2.18. The van der Waals surface area contributed by atoms with Crippen molar-refractivity contribution in [2.75, 3.05) is 23.3 Å². The van der Waals surface area contributed by atoms with Gasteiger partial charge >= 0.3 is 0 Å². The number of benzene rings is 3. The van der Waals surface area contributed by atoms with E-state index in [4.69, 9.17) is 34.2 Å². The lowest BCUT2D eigenvalue weighted by molar-refractivity contribution is -0.120. The fourth-order valence-electron chi connectivity index (χ4n) is 3.60. The lowest BCUT2D eigenvalue weighted by atomic mass is 9.94. The van der Waals surface area contributed by atoms with Gasteiger partial charge in [-0.25, -0.2) is 4.39 Å². The zero-order valence-electron chi connectivity index (χ0n) is 18.5. The summed E-state index contributed by atoms with van der Waals surface area (Å²) in [6.45, 7) is 2.29. The van der Waals surface area contributed by atoms with Crippen LogP contribution in [-0.4, -0.2) is 23.4 Å². The summed E-state index contributed by atoms with van der Waals surface area (Å²) in [6.07, 6.45) is -0.234. The van der Waals surface area contributed by atoms with Crippen molar-refractivity contribution in [3.05, 3.63) is 70.0 Å². The summed E-state index contributed by atoms with van der Waals surface area (Å²) < 4.78 is 14.3. The minimum absolute atomic E-state index is 0.0924. The van der Waals surface area contributed by atoms with Crippen molar-refractivity contribution in [1.82, 2.24) is 5.32 Å². The first kappa shape index (κ1) is 24.7. The summed E-state index contributed by atoms with van der Waals surface area (Å²) in [7, 11) is 0. The number of halogens is 2. The first-order chi connectivity index (χ1) is 16.1. The molecule has 3 rings (SSSR count). The van der Waals surface area contributed by atoms with Crippen LogP contribution in [0.15, 0.2) is 42.5 Å². The summed E-state index contributed by atoms with van der Waals surface area (Å²) in [5.74, 6) is -1.44. The molecular formula is C24H26ClFN6O2. The third-order valence-corrected chi connectivity index (χ3v) is 5.46. The molecule has 0 heterocycles. The summed E-state index contributed by atoms with van der Waals surface area (Å²) in [5.41, 5.74) is 20.2. The topological polar surface area (TPSA) is 163 Å². The van der Waals surface area contributed by atoms with Gasteiger partial charge in [-0.3, -0.25) is 10.2 Å². The number of nitrogens with two attached hydrogens (primary N) is 3. The number of hydrogen-bond acceptors (Lipinski definition) is 6. The second-order valence-electron chi connectivity index (χ2n) is 7.70. The molecule has 0 aliphatic rings. The monoisotopic (exact) mass is 484 g/mol. The van der Waals surface area contributed by atoms with Crippen LogP contribution >= 0.6 is 11.6 Å². The van der Waals surface area contributed by atoms with E-state index in [9.17, 15) is 14.3 Å². The fraction of sp³-hybridized carbons (Fsp3) is 0.167. The number of rotatable bonds is 8. The Morgan fingerprint density at radius 3 is 2.41 bits per heavy atom. The van der Waals surface area contributed by atoms with E-state index < -0.39 is 11.7 Å². The third kappa shape index (κ3) is 5.49. The van der Waals surface area contributed by atoms with E-state index in [1.54, 1.807) is 24.3 Å². The number of phenols is 1. The normalized spacial score (nSPS) is 10.7. The fourth-order valence-corrected chi connectivity index (χ4v) is 3.93. The average Bonchev–Trinajstić information content (AvgIpc) is 2.75. The van der Waals surface area contributed by atoms with Crippen LogP contribution in [0.1, 0.15) is 23.6 Å². The molecule has 0 atom stereocenters. The van der Waals surface area contributed by atoms with Crippen molar-refractivity contribution < 1.29 is 14.3 Å². The van der Waals surface area contributed by atoms with Gasteiger partial charge in [-0.2, -0.15) is 0 Å². The number of amides is 1. The number of phenolic OH excluding ortho intramolecular Hbond substituents is 1. The molecule has 0 radical (unpaired) electrons. The summed E-state index contributed by atoms with van der Waals surface area (Å²) in [6, 6.07) is 10.5. The molecule has 0 saturated carbocycles. The van der Waals surface area contributed by atoms with E-state index in [0.29, 0.717) is 39.8 Å². The number of anilines is 3. The van der Waals surface area contributed by atoms with Gasteiger partial charge in [-0.1, -0.05) is 23.7 Å². The van der Waals surface area contributed by atoms with E-state index in [0.717, 1.165) is 6.07 Å². The molecule has 3 aromatic carbocycles. The van der Waals surface area contributed by atoms with Gasteiger partial charge in [0, 0.05) is 46.7 Å². The van der Waals surface area contributed by atoms with Crippen LogP contribution < -0.4 is 27.8 Å². The van der Waals surface area contributed by atoms with Crippen molar-refractivity contribution in [1.29, 1.82) is 5.41 Å². The molecule has 0 spiro atoms. The molecule has 0 aliphatic carbocycles. The standard InChI is InChI=1S/C24H26ClFN6O2/c1-2-31-20-10-18(25)22(14-5-15(27)8-16(28)6-14)17(23(20)34)9-21(33)32-11-13-4-3-12(24(29)30)7-19(13)26/h3-8,10,31,34H,2,9,11,27-28H2,1H3,(H3,29,30)(H,32,33). The number of hydrogen-bond donors (Lipinski definition) is 7.